The number of carbonyl (C=O) groups excluding carboxylic acids is 6. The van der Waals surface area contributed by atoms with Crippen molar-refractivity contribution in [2.75, 3.05) is 0 Å². The molecular weight excluding hydrogens is 548 g/mol. The number of hydrogen-bond acceptors (Lipinski definition) is 8. The molecule has 0 atom stereocenters. The number of fused-ring (bicyclic) bond motifs is 2. The smallest absolute Gasteiger partial charge is 0.346 e. The maximum atomic E-state index is 12.9. The summed E-state index contributed by atoms with van der Waals surface area (Å²) in [7, 11) is 0. The van der Waals surface area contributed by atoms with Crippen LogP contribution in [-0.4, -0.2) is 35.4 Å². The minimum Gasteiger partial charge on any atom is -0.386 e. The van der Waals surface area contributed by atoms with Gasteiger partial charge in [0.15, 0.2) is 11.6 Å². The summed E-state index contributed by atoms with van der Waals surface area (Å²) >= 11 is 0. The van der Waals surface area contributed by atoms with Gasteiger partial charge < -0.3 is 9.47 Å². The maximum absolute atomic E-state index is 12.9. The van der Waals surface area contributed by atoms with Crippen molar-refractivity contribution >= 4 is 35.4 Å². The second-order valence-corrected chi connectivity index (χ2v) is 11.1. The zero-order valence-electron chi connectivity index (χ0n) is 23.3. The molecule has 2 heterocycles. The molecule has 8 heteroatoms. The summed E-state index contributed by atoms with van der Waals surface area (Å²) in [6.07, 6.45) is 0.264. The topological polar surface area (TPSA) is 121 Å². The summed E-state index contributed by atoms with van der Waals surface area (Å²) in [5.74, 6) is -3.26. The molecule has 212 valence electrons. The maximum Gasteiger partial charge on any atom is 0.346 e. The zero-order valence-corrected chi connectivity index (χ0v) is 23.3. The fourth-order valence-corrected chi connectivity index (χ4v) is 5.34. The van der Waals surface area contributed by atoms with E-state index in [0.717, 1.165) is 22.3 Å². The molecule has 8 nitrogen and oxygen atoms in total. The second-order valence-electron chi connectivity index (χ2n) is 11.1. The van der Waals surface area contributed by atoms with E-state index in [1.807, 2.05) is 48.5 Å². The van der Waals surface area contributed by atoms with E-state index >= 15 is 0 Å². The Morgan fingerprint density at radius 3 is 1.23 bits per heavy atom. The van der Waals surface area contributed by atoms with Crippen molar-refractivity contribution in [2.24, 2.45) is 0 Å². The van der Waals surface area contributed by atoms with E-state index in [2.05, 4.69) is 23.3 Å². The molecule has 0 fully saturated rings. The Labute approximate surface area is 246 Å². The first-order valence-corrected chi connectivity index (χ1v) is 13.6. The van der Waals surface area contributed by atoms with E-state index in [-0.39, 0.29) is 52.1 Å². The number of ether oxygens (including phenoxy) is 2. The fraction of sp³-hybridized carbons (Fsp3) is 0.143. The molecule has 0 amide bonds. The highest BCUT2D eigenvalue weighted by atomic mass is 16.6. The Balaban J connectivity index is 1.12. The molecule has 0 unspecified atom stereocenters. The van der Waals surface area contributed by atoms with Crippen molar-refractivity contribution in [3.05, 3.63) is 141 Å². The van der Waals surface area contributed by atoms with E-state index in [1.54, 1.807) is 0 Å². The largest absolute Gasteiger partial charge is 0.386 e. The second kappa shape index (κ2) is 10.4. The highest BCUT2D eigenvalue weighted by molar-refractivity contribution is 6.16. The van der Waals surface area contributed by atoms with Gasteiger partial charge in [-0.05, 0) is 46.5 Å². The van der Waals surface area contributed by atoms with Crippen LogP contribution in [0.1, 0.15) is 98.2 Å². The predicted octanol–water partition coefficient (Wildman–Crippen LogP) is 5.48. The summed E-state index contributed by atoms with van der Waals surface area (Å²) in [5.41, 5.74) is 4.53. The van der Waals surface area contributed by atoms with Gasteiger partial charge in [0.05, 0.1) is 22.3 Å². The van der Waals surface area contributed by atoms with Gasteiger partial charge in [-0.1, -0.05) is 74.5 Å². The Hall–Kier alpha value is -5.50. The lowest BCUT2D eigenvalue weighted by Crippen LogP contribution is -2.19. The summed E-state index contributed by atoms with van der Waals surface area (Å²) in [4.78, 5) is 72.8. The zero-order chi connectivity index (χ0) is 30.5. The lowest BCUT2D eigenvalue weighted by molar-refractivity contribution is 0.0425. The minimum absolute atomic E-state index is 0.107. The number of Topliss-reactive ketones (excluding diaryl/α,β-unsaturated/α-hetero) is 2. The standard InChI is InChI=1S/C35H24O8/c1-35(2,23-9-3-19(4-10-23)15-29(36)21-7-13-25-27(17-21)33(40)42-31(25)38)24-11-5-20(6-12-24)16-30(37)22-8-14-26-28(18-22)34(41)43-32(26)39/h3-14,17-18H,15-16H2,1-2H3. The number of carbonyl (C=O) groups is 6. The lowest BCUT2D eigenvalue weighted by Gasteiger charge is -2.26. The average Bonchev–Trinajstić information content (AvgIpc) is 3.45. The van der Waals surface area contributed by atoms with E-state index in [9.17, 15) is 28.8 Å². The molecule has 0 saturated heterocycles. The van der Waals surface area contributed by atoms with Gasteiger partial charge in [-0.15, -0.1) is 0 Å². The highest BCUT2D eigenvalue weighted by Gasteiger charge is 2.31. The van der Waals surface area contributed by atoms with Crippen LogP contribution in [0.4, 0.5) is 0 Å². The van der Waals surface area contributed by atoms with Crippen molar-refractivity contribution < 1.29 is 38.2 Å². The van der Waals surface area contributed by atoms with Crippen LogP contribution in [0.5, 0.6) is 0 Å². The minimum atomic E-state index is -0.744. The van der Waals surface area contributed by atoms with Crippen LogP contribution in [0.3, 0.4) is 0 Å². The fourth-order valence-electron chi connectivity index (χ4n) is 5.34. The number of hydrogen-bond donors (Lipinski definition) is 0. The van der Waals surface area contributed by atoms with Crippen LogP contribution >= 0.6 is 0 Å². The van der Waals surface area contributed by atoms with Gasteiger partial charge in [0, 0.05) is 29.4 Å². The third-order valence-corrected chi connectivity index (χ3v) is 8.01. The van der Waals surface area contributed by atoms with Crippen LogP contribution in [0, 0.1) is 0 Å². The van der Waals surface area contributed by atoms with Gasteiger partial charge in [0.1, 0.15) is 0 Å². The van der Waals surface area contributed by atoms with Crippen molar-refractivity contribution in [1.29, 1.82) is 0 Å². The van der Waals surface area contributed by atoms with Crippen molar-refractivity contribution in [2.45, 2.75) is 32.1 Å². The monoisotopic (exact) mass is 572 g/mol. The van der Waals surface area contributed by atoms with E-state index in [1.165, 1.54) is 36.4 Å². The first-order chi connectivity index (χ1) is 20.5. The predicted molar refractivity (Wildman–Crippen MR) is 153 cm³/mol. The van der Waals surface area contributed by atoms with Gasteiger partial charge in [-0.3, -0.25) is 9.59 Å². The molecular formula is C35H24O8. The molecule has 4 aromatic carbocycles. The van der Waals surface area contributed by atoms with Crippen LogP contribution in [0.15, 0.2) is 84.9 Å². The highest BCUT2D eigenvalue weighted by Crippen LogP contribution is 2.32. The van der Waals surface area contributed by atoms with E-state index < -0.39 is 23.9 Å². The summed E-state index contributed by atoms with van der Waals surface area (Å²) < 4.78 is 9.20. The Morgan fingerprint density at radius 1 is 0.512 bits per heavy atom. The summed E-state index contributed by atoms with van der Waals surface area (Å²) in [6, 6.07) is 24.2. The molecule has 0 aromatic heterocycles. The molecule has 0 N–H and O–H groups in total. The molecule has 2 aliphatic rings. The lowest BCUT2D eigenvalue weighted by atomic mass is 9.77. The SMILES string of the molecule is CC(C)(c1ccc(CC(=O)c2ccc3c(c2)C(=O)OC3=O)cc1)c1ccc(CC(=O)c2ccc3c(c2)C(=O)OC3=O)cc1. The Kier molecular flexibility index (Phi) is 6.69. The molecule has 0 saturated carbocycles. The summed E-state index contributed by atoms with van der Waals surface area (Å²) in [6.45, 7) is 4.17. The van der Waals surface area contributed by atoms with Crippen molar-refractivity contribution in [3.8, 4) is 0 Å². The normalized spacial score (nSPS) is 13.8. The number of ketones is 2. The quantitative estimate of drug-likeness (QED) is 0.155. The van der Waals surface area contributed by atoms with E-state index in [0.29, 0.717) is 11.1 Å². The van der Waals surface area contributed by atoms with Crippen molar-refractivity contribution in [3.63, 3.8) is 0 Å². The number of esters is 4. The number of cyclic esters (lactones) is 4. The molecule has 0 aliphatic carbocycles. The molecule has 2 aliphatic heterocycles. The molecule has 0 radical (unpaired) electrons. The first-order valence-electron chi connectivity index (χ1n) is 13.6. The molecule has 0 bridgehead atoms. The summed E-state index contributed by atoms with van der Waals surface area (Å²) in [5, 5.41) is 0. The van der Waals surface area contributed by atoms with Gasteiger partial charge in [0.25, 0.3) is 0 Å². The van der Waals surface area contributed by atoms with Gasteiger partial charge in [-0.25, -0.2) is 19.2 Å². The Bertz CT molecular complexity index is 1740. The molecule has 43 heavy (non-hydrogen) atoms. The van der Waals surface area contributed by atoms with E-state index in [4.69, 9.17) is 0 Å². The van der Waals surface area contributed by atoms with Gasteiger partial charge in [0.2, 0.25) is 0 Å². The van der Waals surface area contributed by atoms with Crippen LogP contribution in [-0.2, 0) is 27.7 Å². The van der Waals surface area contributed by atoms with Crippen LogP contribution in [0.2, 0.25) is 0 Å². The molecule has 0 spiro atoms. The van der Waals surface area contributed by atoms with Gasteiger partial charge >= 0.3 is 23.9 Å². The third kappa shape index (κ3) is 5.08. The average molecular weight is 573 g/mol. The number of benzene rings is 4. The van der Waals surface area contributed by atoms with Gasteiger partial charge in [-0.2, -0.15) is 0 Å². The first kappa shape index (κ1) is 27.7. The third-order valence-electron chi connectivity index (χ3n) is 8.01. The van der Waals surface area contributed by atoms with Crippen molar-refractivity contribution in [1.82, 2.24) is 0 Å². The Morgan fingerprint density at radius 2 is 0.860 bits per heavy atom. The number of rotatable bonds is 8. The van der Waals surface area contributed by atoms with Crippen LogP contribution < -0.4 is 0 Å². The van der Waals surface area contributed by atoms with Crippen LogP contribution in [0.25, 0.3) is 0 Å². The molecule has 6 rings (SSSR count). The molecule has 4 aromatic rings.